The molecule has 24 heavy (non-hydrogen) atoms. The molecule has 1 heterocycles. The van der Waals surface area contributed by atoms with Gasteiger partial charge in [0.25, 0.3) is 5.91 Å². The lowest BCUT2D eigenvalue weighted by Crippen LogP contribution is -2.12. The van der Waals surface area contributed by atoms with E-state index in [1.807, 2.05) is 18.2 Å². The molecule has 1 amide bonds. The van der Waals surface area contributed by atoms with Gasteiger partial charge in [-0.2, -0.15) is 0 Å². The molecule has 1 aromatic heterocycles. The first-order valence-corrected chi connectivity index (χ1v) is 7.34. The average Bonchev–Trinajstić information content (AvgIpc) is 2.62. The van der Waals surface area contributed by atoms with Gasteiger partial charge in [0.15, 0.2) is 0 Å². The Bertz CT molecular complexity index is 866. The Morgan fingerprint density at radius 2 is 1.88 bits per heavy atom. The molecule has 0 saturated carbocycles. The van der Waals surface area contributed by atoms with Crippen molar-refractivity contribution >= 4 is 11.6 Å². The van der Waals surface area contributed by atoms with E-state index in [4.69, 9.17) is 4.74 Å². The summed E-state index contributed by atoms with van der Waals surface area (Å²) in [7, 11) is 1.50. The summed E-state index contributed by atoms with van der Waals surface area (Å²) in [5.74, 6) is -0.440. The molecule has 0 unspecified atom stereocenters. The fraction of sp³-hybridized carbons (Fsp3) is 0.0526. The summed E-state index contributed by atoms with van der Waals surface area (Å²) in [6.45, 7) is 0. The number of halogens is 1. The normalized spacial score (nSPS) is 10.2. The summed E-state index contributed by atoms with van der Waals surface area (Å²) in [6, 6.07) is 16.7. The molecule has 0 aliphatic carbocycles. The van der Waals surface area contributed by atoms with Crippen LogP contribution in [0.5, 0.6) is 5.75 Å². The van der Waals surface area contributed by atoms with E-state index >= 15 is 0 Å². The highest BCUT2D eigenvalue weighted by atomic mass is 19.1. The molecule has 120 valence electrons. The number of carbonyl (C=O) groups is 1. The molecular formula is C19H15FN2O2. The van der Waals surface area contributed by atoms with Crippen molar-refractivity contribution in [2.45, 2.75) is 0 Å². The van der Waals surface area contributed by atoms with Crippen molar-refractivity contribution in [2.75, 3.05) is 12.4 Å². The number of carbonyl (C=O) groups excluding carboxylic acids is 1. The highest BCUT2D eigenvalue weighted by molar-refractivity contribution is 6.04. The van der Waals surface area contributed by atoms with E-state index in [2.05, 4.69) is 10.3 Å². The van der Waals surface area contributed by atoms with Crippen LogP contribution in [0.1, 0.15) is 10.4 Å². The minimum absolute atomic E-state index is 0.231. The lowest BCUT2D eigenvalue weighted by Gasteiger charge is -2.10. The smallest absolute Gasteiger partial charge is 0.255 e. The minimum atomic E-state index is -0.535. The highest BCUT2D eigenvalue weighted by Gasteiger charge is 2.15. The molecule has 4 nitrogen and oxygen atoms in total. The number of rotatable bonds is 4. The molecule has 0 bridgehead atoms. The van der Waals surface area contributed by atoms with Crippen molar-refractivity contribution in [1.82, 2.24) is 4.98 Å². The fourth-order valence-corrected chi connectivity index (χ4v) is 2.33. The average molecular weight is 322 g/mol. The number of ether oxygens (including phenoxy) is 1. The maximum absolute atomic E-state index is 14.5. The molecule has 0 saturated heterocycles. The van der Waals surface area contributed by atoms with Crippen LogP contribution in [-0.2, 0) is 0 Å². The van der Waals surface area contributed by atoms with Gasteiger partial charge in [-0.05, 0) is 42.5 Å². The van der Waals surface area contributed by atoms with Gasteiger partial charge in [0.2, 0.25) is 0 Å². The molecular weight excluding hydrogens is 307 g/mol. The Morgan fingerprint density at radius 1 is 1.08 bits per heavy atom. The second-order valence-corrected chi connectivity index (χ2v) is 5.07. The summed E-state index contributed by atoms with van der Waals surface area (Å²) >= 11 is 0. The van der Waals surface area contributed by atoms with Crippen LogP contribution >= 0.6 is 0 Å². The van der Waals surface area contributed by atoms with Crippen LogP contribution in [0, 0.1) is 5.82 Å². The molecule has 0 atom stereocenters. The van der Waals surface area contributed by atoms with Crippen LogP contribution in [0.25, 0.3) is 11.3 Å². The van der Waals surface area contributed by atoms with E-state index in [-0.39, 0.29) is 17.0 Å². The van der Waals surface area contributed by atoms with Gasteiger partial charge in [-0.15, -0.1) is 0 Å². The van der Waals surface area contributed by atoms with E-state index in [0.29, 0.717) is 17.1 Å². The summed E-state index contributed by atoms with van der Waals surface area (Å²) in [6.07, 6.45) is 1.56. The summed E-state index contributed by atoms with van der Waals surface area (Å²) in [5, 5.41) is 2.72. The lowest BCUT2D eigenvalue weighted by atomic mass is 10.1. The Balaban J connectivity index is 1.88. The molecule has 3 aromatic rings. The number of pyridine rings is 1. The second-order valence-electron chi connectivity index (χ2n) is 5.07. The first-order chi connectivity index (χ1) is 11.7. The zero-order valence-corrected chi connectivity index (χ0v) is 13.0. The number of nitrogens with zero attached hydrogens (tertiary/aromatic N) is 1. The monoisotopic (exact) mass is 322 g/mol. The Kier molecular flexibility index (Phi) is 4.52. The predicted molar refractivity (Wildman–Crippen MR) is 90.6 cm³/mol. The number of anilines is 1. The Labute approximate surface area is 138 Å². The zero-order valence-electron chi connectivity index (χ0n) is 13.0. The molecule has 0 radical (unpaired) electrons. The van der Waals surface area contributed by atoms with Gasteiger partial charge in [0.05, 0.1) is 7.11 Å². The van der Waals surface area contributed by atoms with Crippen LogP contribution in [0.2, 0.25) is 0 Å². The van der Waals surface area contributed by atoms with E-state index in [0.717, 1.165) is 0 Å². The standard InChI is InChI=1S/C19H15FN2O2/c1-24-17-8-5-11-21-18(17)15-10-9-13(12-16(15)20)19(23)22-14-6-3-2-4-7-14/h2-12H,1H3,(H,22,23). The van der Waals surface area contributed by atoms with E-state index in [9.17, 15) is 9.18 Å². The van der Waals surface area contributed by atoms with Crippen molar-refractivity contribution in [3.63, 3.8) is 0 Å². The molecule has 5 heteroatoms. The summed E-state index contributed by atoms with van der Waals surface area (Å²) < 4.78 is 19.7. The number of methoxy groups -OCH3 is 1. The maximum atomic E-state index is 14.5. The molecule has 0 aliphatic rings. The van der Waals surface area contributed by atoms with Crippen molar-refractivity contribution in [1.29, 1.82) is 0 Å². The first kappa shape index (κ1) is 15.7. The molecule has 2 aromatic carbocycles. The third-order valence-corrected chi connectivity index (χ3v) is 3.51. The molecule has 0 spiro atoms. The number of hydrogen-bond donors (Lipinski definition) is 1. The van der Waals surface area contributed by atoms with Crippen molar-refractivity contribution in [3.05, 3.63) is 78.2 Å². The summed E-state index contributed by atoms with van der Waals surface area (Å²) in [5.41, 5.74) is 1.56. The third kappa shape index (κ3) is 3.25. The van der Waals surface area contributed by atoms with Crippen LogP contribution in [0.3, 0.4) is 0 Å². The van der Waals surface area contributed by atoms with Crippen LogP contribution in [-0.4, -0.2) is 18.0 Å². The zero-order chi connectivity index (χ0) is 16.9. The van der Waals surface area contributed by atoms with E-state index in [1.165, 1.54) is 19.2 Å². The number of aromatic nitrogens is 1. The number of nitrogens with one attached hydrogen (secondary N) is 1. The SMILES string of the molecule is COc1cccnc1-c1ccc(C(=O)Nc2ccccc2)cc1F. The Morgan fingerprint density at radius 3 is 2.58 bits per heavy atom. The fourth-order valence-electron chi connectivity index (χ4n) is 2.33. The molecule has 3 rings (SSSR count). The molecule has 0 fully saturated rings. The van der Waals surface area contributed by atoms with Gasteiger partial charge in [-0.25, -0.2) is 4.39 Å². The highest BCUT2D eigenvalue weighted by Crippen LogP contribution is 2.29. The lowest BCUT2D eigenvalue weighted by molar-refractivity contribution is 0.102. The van der Waals surface area contributed by atoms with Crippen molar-refractivity contribution in [2.24, 2.45) is 0 Å². The number of benzene rings is 2. The van der Waals surface area contributed by atoms with Crippen LogP contribution in [0.4, 0.5) is 10.1 Å². The quantitative estimate of drug-likeness (QED) is 0.785. The largest absolute Gasteiger partial charge is 0.494 e. The van der Waals surface area contributed by atoms with Gasteiger partial charge < -0.3 is 10.1 Å². The van der Waals surface area contributed by atoms with Crippen molar-refractivity contribution < 1.29 is 13.9 Å². The van der Waals surface area contributed by atoms with Crippen LogP contribution < -0.4 is 10.1 Å². The summed E-state index contributed by atoms with van der Waals surface area (Å²) in [4.78, 5) is 16.4. The third-order valence-electron chi connectivity index (χ3n) is 3.51. The van der Waals surface area contributed by atoms with E-state index in [1.54, 1.807) is 36.5 Å². The van der Waals surface area contributed by atoms with Gasteiger partial charge in [-0.3, -0.25) is 9.78 Å². The van der Waals surface area contributed by atoms with Gasteiger partial charge in [0, 0.05) is 23.0 Å². The van der Waals surface area contributed by atoms with Gasteiger partial charge in [-0.1, -0.05) is 18.2 Å². The molecule has 1 N–H and O–H groups in total. The second kappa shape index (κ2) is 6.91. The van der Waals surface area contributed by atoms with Crippen molar-refractivity contribution in [3.8, 4) is 17.0 Å². The number of para-hydroxylation sites is 1. The minimum Gasteiger partial charge on any atom is -0.494 e. The maximum Gasteiger partial charge on any atom is 0.255 e. The Hall–Kier alpha value is -3.21. The van der Waals surface area contributed by atoms with E-state index < -0.39 is 5.82 Å². The van der Waals surface area contributed by atoms with Gasteiger partial charge in [0.1, 0.15) is 17.3 Å². The number of amides is 1. The predicted octanol–water partition coefficient (Wildman–Crippen LogP) is 4.15. The first-order valence-electron chi connectivity index (χ1n) is 7.34. The number of hydrogen-bond acceptors (Lipinski definition) is 3. The van der Waals surface area contributed by atoms with Gasteiger partial charge >= 0.3 is 0 Å². The topological polar surface area (TPSA) is 51.2 Å². The van der Waals surface area contributed by atoms with Crippen LogP contribution in [0.15, 0.2) is 66.9 Å². The molecule has 0 aliphatic heterocycles.